The van der Waals surface area contributed by atoms with Crippen molar-refractivity contribution in [2.24, 2.45) is 5.92 Å². The van der Waals surface area contributed by atoms with Gasteiger partial charge in [-0.05, 0) is 30.5 Å². The van der Waals surface area contributed by atoms with Crippen LogP contribution < -0.4 is 10.6 Å². The fourth-order valence-corrected chi connectivity index (χ4v) is 1.56. The van der Waals surface area contributed by atoms with Crippen LogP contribution in [-0.4, -0.2) is 26.7 Å². The predicted molar refractivity (Wildman–Crippen MR) is 74.9 cm³/mol. The summed E-state index contributed by atoms with van der Waals surface area (Å²) < 4.78 is 5.19. The van der Waals surface area contributed by atoms with Crippen LogP contribution in [0, 0.1) is 5.92 Å². The number of carbonyl (C=O) groups is 1. The molecule has 0 spiro atoms. The van der Waals surface area contributed by atoms with E-state index in [1.54, 1.807) is 12.1 Å². The lowest BCUT2D eigenvalue weighted by atomic mass is 10.1. The van der Waals surface area contributed by atoms with E-state index in [1.165, 1.54) is 0 Å². The fourth-order valence-electron chi connectivity index (χ4n) is 1.56. The number of benzene rings is 1. The van der Waals surface area contributed by atoms with E-state index in [2.05, 4.69) is 13.8 Å². The van der Waals surface area contributed by atoms with E-state index in [0.717, 1.165) is 12.1 Å². The summed E-state index contributed by atoms with van der Waals surface area (Å²) >= 11 is 0. The van der Waals surface area contributed by atoms with Crippen LogP contribution in [0.3, 0.4) is 0 Å². The Morgan fingerprint density at radius 3 is 2.56 bits per heavy atom. The number of nitrogens with zero attached hydrogens (tertiary/aromatic N) is 1. The molecular weight excluding hydrogens is 228 g/mol. The Labute approximate surface area is 109 Å². The molecule has 2 N–H and O–H groups in total. The fraction of sp³-hybridized carbons (Fsp3) is 0.500. The van der Waals surface area contributed by atoms with E-state index in [4.69, 9.17) is 10.5 Å². The zero-order valence-corrected chi connectivity index (χ0v) is 11.6. The molecular formula is C14H22N2O2. The Morgan fingerprint density at radius 2 is 2.06 bits per heavy atom. The van der Waals surface area contributed by atoms with Crippen molar-refractivity contribution in [2.75, 3.05) is 31.3 Å². The standard InChI is InChI=1S/C14H22N2O2/c1-10(2)7-8-18-14(17)11-5-6-13(16(3)4)12(15)9-11/h5-6,9-10H,7-8,15H2,1-4H3. The van der Waals surface area contributed by atoms with Crippen molar-refractivity contribution in [3.8, 4) is 0 Å². The highest BCUT2D eigenvalue weighted by Crippen LogP contribution is 2.22. The molecule has 0 atom stereocenters. The zero-order valence-electron chi connectivity index (χ0n) is 11.6. The van der Waals surface area contributed by atoms with Crippen LogP contribution >= 0.6 is 0 Å². The second-order valence-electron chi connectivity index (χ2n) is 4.99. The number of nitrogen functional groups attached to an aromatic ring is 1. The number of hydrogen-bond acceptors (Lipinski definition) is 4. The lowest BCUT2D eigenvalue weighted by molar-refractivity contribution is 0.0488. The van der Waals surface area contributed by atoms with E-state index in [9.17, 15) is 4.79 Å². The van der Waals surface area contributed by atoms with Crippen LogP contribution in [0.1, 0.15) is 30.6 Å². The highest BCUT2D eigenvalue weighted by atomic mass is 16.5. The molecule has 0 aliphatic heterocycles. The van der Waals surface area contributed by atoms with Gasteiger partial charge in [-0.2, -0.15) is 0 Å². The minimum atomic E-state index is -0.312. The van der Waals surface area contributed by atoms with Gasteiger partial charge in [0.1, 0.15) is 0 Å². The van der Waals surface area contributed by atoms with Crippen molar-refractivity contribution in [1.29, 1.82) is 0 Å². The number of ether oxygens (including phenoxy) is 1. The average molecular weight is 250 g/mol. The largest absolute Gasteiger partial charge is 0.462 e. The van der Waals surface area contributed by atoms with Gasteiger partial charge in [0.05, 0.1) is 23.5 Å². The Morgan fingerprint density at radius 1 is 1.39 bits per heavy atom. The summed E-state index contributed by atoms with van der Waals surface area (Å²) in [7, 11) is 3.82. The van der Waals surface area contributed by atoms with Crippen molar-refractivity contribution < 1.29 is 9.53 Å². The van der Waals surface area contributed by atoms with Crippen molar-refractivity contribution in [1.82, 2.24) is 0 Å². The molecule has 0 saturated carbocycles. The van der Waals surface area contributed by atoms with E-state index in [0.29, 0.717) is 23.8 Å². The first-order chi connectivity index (χ1) is 8.41. The normalized spacial score (nSPS) is 10.5. The molecule has 0 amide bonds. The maximum absolute atomic E-state index is 11.8. The molecule has 1 aromatic rings. The second-order valence-corrected chi connectivity index (χ2v) is 4.99. The number of nitrogens with two attached hydrogens (primary N) is 1. The van der Waals surface area contributed by atoms with Gasteiger partial charge in [-0.3, -0.25) is 0 Å². The summed E-state index contributed by atoms with van der Waals surface area (Å²) in [6.45, 7) is 4.64. The maximum Gasteiger partial charge on any atom is 0.338 e. The monoisotopic (exact) mass is 250 g/mol. The Kier molecular flexibility index (Phi) is 5.01. The van der Waals surface area contributed by atoms with Gasteiger partial charge >= 0.3 is 5.97 Å². The quantitative estimate of drug-likeness (QED) is 0.644. The van der Waals surface area contributed by atoms with Crippen LogP contribution in [0.25, 0.3) is 0 Å². The van der Waals surface area contributed by atoms with Gasteiger partial charge in [-0.1, -0.05) is 13.8 Å². The number of rotatable bonds is 5. The van der Waals surface area contributed by atoms with Gasteiger partial charge in [0, 0.05) is 14.1 Å². The molecule has 0 unspecified atom stereocenters. The summed E-state index contributed by atoms with van der Waals surface area (Å²) in [6.07, 6.45) is 0.872. The Balaban J connectivity index is 2.67. The van der Waals surface area contributed by atoms with Crippen molar-refractivity contribution in [3.05, 3.63) is 23.8 Å². The lowest BCUT2D eigenvalue weighted by Crippen LogP contribution is -2.13. The van der Waals surface area contributed by atoms with E-state index in [1.807, 2.05) is 25.1 Å². The summed E-state index contributed by atoms with van der Waals surface area (Å²) in [5.74, 6) is 0.214. The SMILES string of the molecule is CC(C)CCOC(=O)c1ccc(N(C)C)c(N)c1. The van der Waals surface area contributed by atoms with Gasteiger partial charge in [0.15, 0.2) is 0 Å². The molecule has 4 nitrogen and oxygen atoms in total. The van der Waals surface area contributed by atoms with E-state index < -0.39 is 0 Å². The smallest absolute Gasteiger partial charge is 0.338 e. The molecule has 1 aromatic carbocycles. The average Bonchev–Trinajstić information content (AvgIpc) is 2.27. The molecule has 0 fully saturated rings. The molecule has 100 valence electrons. The Bertz CT molecular complexity index is 414. The third-order valence-electron chi connectivity index (χ3n) is 2.67. The number of esters is 1. The molecule has 0 heterocycles. The summed E-state index contributed by atoms with van der Waals surface area (Å²) in [4.78, 5) is 13.7. The van der Waals surface area contributed by atoms with Crippen LogP contribution in [-0.2, 0) is 4.74 Å². The highest BCUT2D eigenvalue weighted by molar-refractivity contribution is 5.92. The van der Waals surface area contributed by atoms with Crippen LogP contribution in [0.5, 0.6) is 0 Å². The summed E-state index contributed by atoms with van der Waals surface area (Å²) in [5.41, 5.74) is 7.87. The number of carbonyl (C=O) groups excluding carboxylic acids is 1. The zero-order chi connectivity index (χ0) is 13.7. The van der Waals surface area contributed by atoms with Crippen LogP contribution in [0.15, 0.2) is 18.2 Å². The second kappa shape index (κ2) is 6.28. The van der Waals surface area contributed by atoms with Gasteiger partial charge in [-0.15, -0.1) is 0 Å². The molecule has 0 aliphatic carbocycles. The molecule has 0 aliphatic rings. The first-order valence-corrected chi connectivity index (χ1v) is 6.15. The Hall–Kier alpha value is -1.71. The third-order valence-corrected chi connectivity index (χ3v) is 2.67. The van der Waals surface area contributed by atoms with Crippen molar-refractivity contribution in [3.63, 3.8) is 0 Å². The van der Waals surface area contributed by atoms with Gasteiger partial charge in [-0.25, -0.2) is 4.79 Å². The van der Waals surface area contributed by atoms with E-state index in [-0.39, 0.29) is 5.97 Å². The molecule has 0 aromatic heterocycles. The lowest BCUT2D eigenvalue weighted by Gasteiger charge is -2.15. The molecule has 0 bridgehead atoms. The molecule has 18 heavy (non-hydrogen) atoms. The summed E-state index contributed by atoms with van der Waals surface area (Å²) in [6, 6.07) is 5.23. The first-order valence-electron chi connectivity index (χ1n) is 6.15. The minimum absolute atomic E-state index is 0.312. The van der Waals surface area contributed by atoms with Crippen molar-refractivity contribution >= 4 is 17.3 Å². The topological polar surface area (TPSA) is 55.6 Å². The third kappa shape index (κ3) is 3.95. The van der Waals surface area contributed by atoms with Crippen molar-refractivity contribution in [2.45, 2.75) is 20.3 Å². The van der Waals surface area contributed by atoms with E-state index >= 15 is 0 Å². The molecule has 0 saturated heterocycles. The van der Waals surface area contributed by atoms with Crippen LogP contribution in [0.2, 0.25) is 0 Å². The molecule has 0 radical (unpaired) electrons. The predicted octanol–water partition coefficient (Wildman–Crippen LogP) is 2.54. The number of anilines is 2. The van der Waals surface area contributed by atoms with Gasteiger partial charge in [0.25, 0.3) is 0 Å². The van der Waals surface area contributed by atoms with Gasteiger partial charge < -0.3 is 15.4 Å². The van der Waals surface area contributed by atoms with Gasteiger partial charge in [0.2, 0.25) is 0 Å². The first kappa shape index (κ1) is 14.4. The van der Waals surface area contributed by atoms with Crippen LogP contribution in [0.4, 0.5) is 11.4 Å². The summed E-state index contributed by atoms with van der Waals surface area (Å²) in [5, 5.41) is 0. The highest BCUT2D eigenvalue weighted by Gasteiger charge is 2.10. The number of hydrogen-bond donors (Lipinski definition) is 1. The maximum atomic E-state index is 11.8. The minimum Gasteiger partial charge on any atom is -0.462 e. The molecule has 1 rings (SSSR count). The molecule has 4 heteroatoms.